The maximum Gasteiger partial charge on any atom is 0.276 e. The Bertz CT molecular complexity index is 587. The number of hydrogen-bond donors (Lipinski definition) is 0. The van der Waals surface area contributed by atoms with Crippen molar-refractivity contribution in [3.63, 3.8) is 0 Å². The standard InChI is InChI=1S/C14H16ClN3O2S/c15-12-4-2-1-3-11(12)13-16-17-14(20-13)21-10-7-18-5-8-19-9-6-18/h1-4H,5-10H2. The van der Waals surface area contributed by atoms with Gasteiger partial charge in [0.25, 0.3) is 5.22 Å². The number of nitrogens with zero attached hydrogens (tertiary/aromatic N) is 3. The second kappa shape index (κ2) is 7.26. The quantitative estimate of drug-likeness (QED) is 0.788. The molecule has 0 atom stereocenters. The van der Waals surface area contributed by atoms with Crippen LogP contribution in [-0.2, 0) is 4.74 Å². The van der Waals surface area contributed by atoms with Crippen molar-refractivity contribution in [1.29, 1.82) is 0 Å². The highest BCUT2D eigenvalue weighted by Gasteiger charge is 2.13. The van der Waals surface area contributed by atoms with Gasteiger partial charge in [-0.3, -0.25) is 4.90 Å². The van der Waals surface area contributed by atoms with E-state index in [4.69, 9.17) is 20.8 Å². The van der Waals surface area contributed by atoms with Crippen LogP contribution in [0.1, 0.15) is 0 Å². The smallest absolute Gasteiger partial charge is 0.276 e. The summed E-state index contributed by atoms with van der Waals surface area (Å²) in [6.45, 7) is 4.63. The molecular weight excluding hydrogens is 310 g/mol. The Morgan fingerprint density at radius 2 is 2.00 bits per heavy atom. The van der Waals surface area contributed by atoms with E-state index < -0.39 is 0 Å². The molecule has 0 radical (unpaired) electrons. The molecule has 5 nitrogen and oxygen atoms in total. The summed E-state index contributed by atoms with van der Waals surface area (Å²) in [6, 6.07) is 7.46. The normalized spacial score (nSPS) is 16.2. The van der Waals surface area contributed by atoms with E-state index in [0.29, 0.717) is 16.1 Å². The molecule has 0 amide bonds. The molecule has 1 aromatic heterocycles. The molecule has 1 aliphatic heterocycles. The van der Waals surface area contributed by atoms with Crippen molar-refractivity contribution in [2.24, 2.45) is 0 Å². The van der Waals surface area contributed by atoms with E-state index in [1.54, 1.807) is 11.8 Å². The number of rotatable bonds is 5. The molecule has 112 valence electrons. The zero-order valence-electron chi connectivity index (χ0n) is 11.5. The second-order valence-corrected chi connectivity index (χ2v) is 6.11. The van der Waals surface area contributed by atoms with Crippen molar-refractivity contribution in [3.8, 4) is 11.5 Å². The van der Waals surface area contributed by atoms with Gasteiger partial charge in [-0.25, -0.2) is 0 Å². The Labute approximate surface area is 132 Å². The number of halogens is 1. The fraction of sp³-hybridized carbons (Fsp3) is 0.429. The number of aromatic nitrogens is 2. The second-order valence-electron chi connectivity index (χ2n) is 4.66. The molecule has 0 N–H and O–H groups in total. The molecule has 1 fully saturated rings. The molecule has 7 heteroatoms. The summed E-state index contributed by atoms with van der Waals surface area (Å²) in [5.41, 5.74) is 0.770. The SMILES string of the molecule is Clc1ccccc1-c1nnc(SCCN2CCOCC2)o1. The van der Waals surface area contributed by atoms with Crippen molar-refractivity contribution >= 4 is 23.4 Å². The molecule has 0 aliphatic carbocycles. The lowest BCUT2D eigenvalue weighted by Crippen LogP contribution is -2.37. The minimum Gasteiger partial charge on any atom is -0.411 e. The van der Waals surface area contributed by atoms with Gasteiger partial charge < -0.3 is 9.15 Å². The van der Waals surface area contributed by atoms with Crippen molar-refractivity contribution in [2.45, 2.75) is 5.22 Å². The van der Waals surface area contributed by atoms with Crippen LogP contribution in [0.15, 0.2) is 33.9 Å². The predicted octanol–water partition coefficient (Wildman–Crippen LogP) is 2.81. The van der Waals surface area contributed by atoms with Crippen molar-refractivity contribution in [2.75, 3.05) is 38.6 Å². The van der Waals surface area contributed by atoms with E-state index in [2.05, 4.69) is 15.1 Å². The Hall–Kier alpha value is -1.08. The maximum atomic E-state index is 6.12. The van der Waals surface area contributed by atoms with Crippen LogP contribution in [0.5, 0.6) is 0 Å². The first kappa shape index (κ1) is 14.8. The summed E-state index contributed by atoms with van der Waals surface area (Å²) in [5, 5.41) is 9.32. The van der Waals surface area contributed by atoms with Gasteiger partial charge in [0.15, 0.2) is 0 Å². The topological polar surface area (TPSA) is 51.4 Å². The van der Waals surface area contributed by atoms with Crippen LogP contribution in [0.25, 0.3) is 11.5 Å². The summed E-state index contributed by atoms with van der Waals surface area (Å²) in [6.07, 6.45) is 0. The predicted molar refractivity (Wildman–Crippen MR) is 82.7 cm³/mol. The lowest BCUT2D eigenvalue weighted by atomic mass is 10.2. The summed E-state index contributed by atoms with van der Waals surface area (Å²) in [4.78, 5) is 2.38. The van der Waals surface area contributed by atoms with Crippen LogP contribution in [0, 0.1) is 0 Å². The molecule has 2 aromatic rings. The van der Waals surface area contributed by atoms with Crippen LogP contribution >= 0.6 is 23.4 Å². The average Bonchev–Trinajstić information content (AvgIpc) is 2.97. The maximum absolute atomic E-state index is 6.12. The first-order chi connectivity index (χ1) is 10.3. The number of hydrogen-bond acceptors (Lipinski definition) is 6. The van der Waals surface area contributed by atoms with E-state index in [9.17, 15) is 0 Å². The lowest BCUT2D eigenvalue weighted by molar-refractivity contribution is 0.0410. The van der Waals surface area contributed by atoms with Gasteiger partial charge in [-0.05, 0) is 12.1 Å². The fourth-order valence-corrected chi connectivity index (χ4v) is 3.08. The van der Waals surface area contributed by atoms with E-state index in [1.165, 1.54) is 0 Å². The van der Waals surface area contributed by atoms with Crippen LogP contribution in [-0.4, -0.2) is 53.7 Å². The lowest BCUT2D eigenvalue weighted by Gasteiger charge is -2.25. The van der Waals surface area contributed by atoms with Crippen LogP contribution in [0.2, 0.25) is 5.02 Å². The summed E-state index contributed by atoms with van der Waals surface area (Å²) in [7, 11) is 0. The molecule has 0 saturated carbocycles. The molecule has 3 rings (SSSR count). The zero-order valence-corrected chi connectivity index (χ0v) is 13.1. The van der Waals surface area contributed by atoms with Crippen molar-refractivity contribution in [3.05, 3.63) is 29.3 Å². The number of benzene rings is 1. The van der Waals surface area contributed by atoms with E-state index in [0.717, 1.165) is 44.2 Å². The van der Waals surface area contributed by atoms with Crippen molar-refractivity contribution in [1.82, 2.24) is 15.1 Å². The average molecular weight is 326 g/mol. The number of morpholine rings is 1. The van der Waals surface area contributed by atoms with Crippen molar-refractivity contribution < 1.29 is 9.15 Å². The summed E-state index contributed by atoms with van der Waals surface area (Å²) in [5.74, 6) is 1.39. The van der Waals surface area contributed by atoms with Gasteiger partial charge in [-0.1, -0.05) is 35.5 Å². The van der Waals surface area contributed by atoms with Gasteiger partial charge in [0.2, 0.25) is 5.89 Å². The monoisotopic (exact) mass is 325 g/mol. The Kier molecular flexibility index (Phi) is 5.13. The Balaban J connectivity index is 1.54. The summed E-state index contributed by atoms with van der Waals surface area (Å²) >= 11 is 7.69. The molecule has 1 aromatic carbocycles. The van der Waals surface area contributed by atoms with Crippen LogP contribution in [0.4, 0.5) is 0 Å². The van der Waals surface area contributed by atoms with Gasteiger partial charge in [-0.2, -0.15) is 0 Å². The third kappa shape index (κ3) is 3.97. The van der Waals surface area contributed by atoms with Gasteiger partial charge in [0.1, 0.15) is 0 Å². The molecule has 0 spiro atoms. The van der Waals surface area contributed by atoms with E-state index >= 15 is 0 Å². The molecule has 0 bridgehead atoms. The van der Waals surface area contributed by atoms with Gasteiger partial charge in [-0.15, -0.1) is 10.2 Å². The largest absolute Gasteiger partial charge is 0.411 e. The van der Waals surface area contributed by atoms with E-state index in [-0.39, 0.29) is 0 Å². The molecule has 1 saturated heterocycles. The first-order valence-electron chi connectivity index (χ1n) is 6.84. The summed E-state index contributed by atoms with van der Waals surface area (Å²) < 4.78 is 11.0. The fourth-order valence-electron chi connectivity index (χ4n) is 2.10. The highest BCUT2D eigenvalue weighted by atomic mass is 35.5. The molecule has 1 aliphatic rings. The number of ether oxygens (including phenoxy) is 1. The van der Waals surface area contributed by atoms with Gasteiger partial charge in [0.05, 0.1) is 23.8 Å². The van der Waals surface area contributed by atoms with E-state index in [1.807, 2.05) is 24.3 Å². The molecular formula is C14H16ClN3O2S. The van der Waals surface area contributed by atoms with Gasteiger partial charge >= 0.3 is 0 Å². The first-order valence-corrected chi connectivity index (χ1v) is 8.20. The zero-order chi connectivity index (χ0) is 14.5. The number of thioether (sulfide) groups is 1. The minimum absolute atomic E-state index is 0.467. The molecule has 0 unspecified atom stereocenters. The van der Waals surface area contributed by atoms with Crippen LogP contribution in [0.3, 0.4) is 0 Å². The Morgan fingerprint density at radius 3 is 2.81 bits per heavy atom. The van der Waals surface area contributed by atoms with Crippen LogP contribution < -0.4 is 0 Å². The Morgan fingerprint density at radius 1 is 1.19 bits per heavy atom. The third-order valence-corrected chi connectivity index (χ3v) is 4.38. The van der Waals surface area contributed by atoms with Gasteiger partial charge in [0, 0.05) is 25.4 Å². The molecule has 2 heterocycles. The highest BCUT2D eigenvalue weighted by molar-refractivity contribution is 7.99. The highest BCUT2D eigenvalue weighted by Crippen LogP contribution is 2.28. The minimum atomic E-state index is 0.467. The molecule has 21 heavy (non-hydrogen) atoms. The third-order valence-electron chi connectivity index (χ3n) is 3.25.